The third kappa shape index (κ3) is 1.71. The van der Waals surface area contributed by atoms with Crippen LogP contribution in [0.15, 0.2) is 36.2 Å². The SMILES string of the molecule is C=C1C2=C(CCN1C(C)=O)c1cc(OC)ccc1[N]2. The van der Waals surface area contributed by atoms with Crippen LogP contribution in [0.2, 0.25) is 0 Å². The summed E-state index contributed by atoms with van der Waals surface area (Å²) < 4.78 is 5.25. The molecule has 4 nitrogen and oxygen atoms in total. The first-order chi connectivity index (χ1) is 9.11. The molecule has 2 heterocycles. The van der Waals surface area contributed by atoms with Gasteiger partial charge in [0.1, 0.15) is 5.75 Å². The average Bonchev–Trinajstić information content (AvgIpc) is 2.77. The number of rotatable bonds is 1. The molecule has 3 rings (SSSR count). The number of carbonyl (C=O) groups excluding carboxylic acids is 1. The third-order valence-corrected chi connectivity index (χ3v) is 3.61. The van der Waals surface area contributed by atoms with E-state index in [4.69, 9.17) is 4.74 Å². The maximum absolute atomic E-state index is 11.6. The predicted octanol–water partition coefficient (Wildman–Crippen LogP) is 2.42. The number of hydrogen-bond donors (Lipinski definition) is 0. The molecule has 0 unspecified atom stereocenters. The zero-order chi connectivity index (χ0) is 13.6. The average molecular weight is 255 g/mol. The Hall–Kier alpha value is -2.23. The van der Waals surface area contributed by atoms with Gasteiger partial charge in [-0.05, 0) is 30.2 Å². The summed E-state index contributed by atoms with van der Waals surface area (Å²) in [5, 5.41) is 4.59. The summed E-state index contributed by atoms with van der Waals surface area (Å²) in [7, 11) is 1.65. The minimum Gasteiger partial charge on any atom is -0.497 e. The monoisotopic (exact) mass is 255 g/mol. The minimum absolute atomic E-state index is 0.0142. The van der Waals surface area contributed by atoms with Crippen LogP contribution in [0.5, 0.6) is 5.75 Å². The van der Waals surface area contributed by atoms with Gasteiger partial charge in [-0.15, -0.1) is 0 Å². The van der Waals surface area contributed by atoms with Crippen LogP contribution in [-0.2, 0) is 4.79 Å². The summed E-state index contributed by atoms with van der Waals surface area (Å²) in [6.45, 7) is 6.23. The van der Waals surface area contributed by atoms with E-state index in [0.717, 1.165) is 34.7 Å². The number of hydrogen-bond acceptors (Lipinski definition) is 2. The van der Waals surface area contributed by atoms with Gasteiger partial charge in [0.2, 0.25) is 5.91 Å². The standard InChI is InChI=1S/C15H15N2O2/c1-9-15-12(6-7-17(9)10(2)18)13-8-11(19-3)4-5-14(13)16-15/h4-5,8H,1,6-7H2,2-3H3. The zero-order valence-corrected chi connectivity index (χ0v) is 11.1. The zero-order valence-electron chi connectivity index (χ0n) is 11.1. The molecule has 0 atom stereocenters. The van der Waals surface area contributed by atoms with E-state index in [1.54, 1.807) is 18.9 Å². The van der Waals surface area contributed by atoms with E-state index in [0.29, 0.717) is 12.2 Å². The summed E-state index contributed by atoms with van der Waals surface area (Å²) in [6, 6.07) is 5.84. The highest BCUT2D eigenvalue weighted by atomic mass is 16.5. The fourth-order valence-electron chi connectivity index (χ4n) is 2.62. The second kappa shape index (κ2) is 4.16. The van der Waals surface area contributed by atoms with Gasteiger partial charge in [0.25, 0.3) is 0 Å². The van der Waals surface area contributed by atoms with Crippen LogP contribution >= 0.6 is 0 Å². The maximum atomic E-state index is 11.6. The second-order valence-electron chi connectivity index (χ2n) is 4.69. The number of amides is 1. The number of benzene rings is 1. The Morgan fingerprint density at radius 3 is 2.95 bits per heavy atom. The first kappa shape index (κ1) is 11.8. The Labute approximate surface area is 112 Å². The van der Waals surface area contributed by atoms with Gasteiger partial charge in [0.05, 0.1) is 24.2 Å². The lowest BCUT2D eigenvalue weighted by molar-refractivity contribution is -0.126. The molecule has 0 aromatic heterocycles. The summed E-state index contributed by atoms with van der Waals surface area (Å²) in [5.41, 5.74) is 4.72. The fourth-order valence-corrected chi connectivity index (χ4v) is 2.62. The van der Waals surface area contributed by atoms with Gasteiger partial charge >= 0.3 is 0 Å². The summed E-state index contributed by atoms with van der Waals surface area (Å²) in [5.74, 6) is 0.836. The first-order valence-corrected chi connectivity index (χ1v) is 6.22. The number of fused-ring (bicyclic) bond motifs is 2. The van der Waals surface area contributed by atoms with Crippen molar-refractivity contribution in [1.29, 1.82) is 0 Å². The number of carbonyl (C=O) groups is 1. The summed E-state index contributed by atoms with van der Waals surface area (Å²) in [6.07, 6.45) is 0.803. The highest BCUT2D eigenvalue weighted by molar-refractivity contribution is 5.88. The molecule has 19 heavy (non-hydrogen) atoms. The minimum atomic E-state index is 0.0142. The van der Waals surface area contributed by atoms with Crippen molar-refractivity contribution in [3.05, 3.63) is 41.7 Å². The van der Waals surface area contributed by atoms with E-state index in [9.17, 15) is 4.79 Å². The van der Waals surface area contributed by atoms with E-state index in [1.165, 1.54) is 0 Å². The van der Waals surface area contributed by atoms with E-state index in [1.807, 2.05) is 18.2 Å². The van der Waals surface area contributed by atoms with Gasteiger partial charge in [-0.3, -0.25) is 4.79 Å². The molecule has 1 aromatic rings. The molecule has 0 spiro atoms. The molecule has 0 saturated carbocycles. The fraction of sp³-hybridized carbons (Fsp3) is 0.267. The topological polar surface area (TPSA) is 43.6 Å². The third-order valence-electron chi connectivity index (χ3n) is 3.61. The van der Waals surface area contributed by atoms with Crippen LogP contribution in [0.3, 0.4) is 0 Å². The smallest absolute Gasteiger partial charge is 0.223 e. The second-order valence-corrected chi connectivity index (χ2v) is 4.69. The van der Waals surface area contributed by atoms with Crippen LogP contribution in [0.4, 0.5) is 5.69 Å². The predicted molar refractivity (Wildman–Crippen MR) is 72.9 cm³/mol. The van der Waals surface area contributed by atoms with E-state index in [-0.39, 0.29) is 5.91 Å². The summed E-state index contributed by atoms with van der Waals surface area (Å²) in [4.78, 5) is 13.2. The quantitative estimate of drug-likeness (QED) is 0.773. The van der Waals surface area contributed by atoms with E-state index in [2.05, 4.69) is 11.9 Å². The molecule has 0 saturated heterocycles. The van der Waals surface area contributed by atoms with Gasteiger partial charge < -0.3 is 9.64 Å². The molecular formula is C15H15N2O2. The molecule has 2 aliphatic rings. The van der Waals surface area contributed by atoms with Crippen LogP contribution in [0.25, 0.3) is 5.57 Å². The Morgan fingerprint density at radius 2 is 2.26 bits per heavy atom. The highest BCUT2D eigenvalue weighted by Crippen LogP contribution is 2.43. The van der Waals surface area contributed by atoms with Crippen molar-refractivity contribution in [2.24, 2.45) is 0 Å². The van der Waals surface area contributed by atoms with E-state index >= 15 is 0 Å². The molecule has 0 aliphatic carbocycles. The molecule has 0 fully saturated rings. The van der Waals surface area contributed by atoms with E-state index < -0.39 is 0 Å². The lowest BCUT2D eigenvalue weighted by Gasteiger charge is -2.28. The lowest BCUT2D eigenvalue weighted by atomic mass is 9.98. The molecule has 2 aliphatic heterocycles. The molecule has 4 heteroatoms. The van der Waals surface area contributed by atoms with Crippen molar-refractivity contribution < 1.29 is 9.53 Å². The maximum Gasteiger partial charge on any atom is 0.223 e. The number of nitrogens with zero attached hydrogens (tertiary/aromatic N) is 2. The molecule has 0 N–H and O–H groups in total. The largest absolute Gasteiger partial charge is 0.497 e. The van der Waals surface area contributed by atoms with Crippen LogP contribution in [0.1, 0.15) is 18.9 Å². The number of ether oxygens (including phenoxy) is 1. The number of methoxy groups -OCH3 is 1. The summed E-state index contributed by atoms with van der Waals surface area (Å²) >= 11 is 0. The first-order valence-electron chi connectivity index (χ1n) is 6.22. The Balaban J connectivity index is 2.03. The van der Waals surface area contributed by atoms with Crippen LogP contribution in [0, 0.1) is 0 Å². The van der Waals surface area contributed by atoms with Gasteiger partial charge in [0, 0.05) is 19.0 Å². The Bertz CT molecular complexity index is 617. The highest BCUT2D eigenvalue weighted by Gasteiger charge is 2.32. The van der Waals surface area contributed by atoms with Gasteiger partial charge in [-0.25, -0.2) is 5.32 Å². The Kier molecular flexibility index (Phi) is 2.59. The van der Waals surface area contributed by atoms with Gasteiger partial charge in [-0.1, -0.05) is 6.58 Å². The molecule has 1 amide bonds. The van der Waals surface area contributed by atoms with Crippen molar-refractivity contribution in [3.8, 4) is 5.75 Å². The molecule has 1 aromatic carbocycles. The molecule has 97 valence electrons. The molecule has 0 bridgehead atoms. The molecular weight excluding hydrogens is 240 g/mol. The van der Waals surface area contributed by atoms with Crippen molar-refractivity contribution in [2.75, 3.05) is 13.7 Å². The van der Waals surface area contributed by atoms with Gasteiger partial charge in [0.15, 0.2) is 0 Å². The van der Waals surface area contributed by atoms with Gasteiger partial charge in [-0.2, -0.15) is 0 Å². The van der Waals surface area contributed by atoms with Crippen molar-refractivity contribution in [2.45, 2.75) is 13.3 Å². The van der Waals surface area contributed by atoms with Crippen molar-refractivity contribution in [3.63, 3.8) is 0 Å². The van der Waals surface area contributed by atoms with Crippen LogP contribution < -0.4 is 10.1 Å². The van der Waals surface area contributed by atoms with Crippen molar-refractivity contribution in [1.82, 2.24) is 10.2 Å². The van der Waals surface area contributed by atoms with Crippen molar-refractivity contribution >= 4 is 17.2 Å². The van der Waals surface area contributed by atoms with Crippen LogP contribution in [-0.4, -0.2) is 24.5 Å². The normalized spacial score (nSPS) is 16.9. The lowest BCUT2D eigenvalue weighted by Crippen LogP contribution is -2.33. The Morgan fingerprint density at radius 1 is 1.47 bits per heavy atom. The molecule has 1 radical (unpaired) electrons.